The van der Waals surface area contributed by atoms with E-state index in [1.165, 1.54) is 18.2 Å². The molecule has 0 saturated heterocycles. The van der Waals surface area contributed by atoms with Crippen LogP contribution in [0.3, 0.4) is 0 Å². The van der Waals surface area contributed by atoms with Gasteiger partial charge in [-0.3, -0.25) is 4.79 Å². The lowest BCUT2D eigenvalue weighted by Gasteiger charge is -1.98. The fourth-order valence-electron chi connectivity index (χ4n) is 0.946. The molecule has 0 spiro atoms. The number of nitriles is 1. The first-order valence-corrected chi connectivity index (χ1v) is 3.92. The number of nitrogens with two attached hydrogens (primary N) is 1. The second-order valence-electron chi connectivity index (χ2n) is 2.68. The number of rotatable bonds is 2. The van der Waals surface area contributed by atoms with E-state index in [1.807, 2.05) is 0 Å². The number of amides is 1. The molecule has 0 unspecified atom stereocenters. The molecule has 0 heterocycles. The molecule has 0 aliphatic carbocycles. The fourth-order valence-corrected chi connectivity index (χ4v) is 0.946. The summed E-state index contributed by atoms with van der Waals surface area (Å²) in [6.45, 7) is 0. The molecule has 0 aromatic heterocycles. The summed E-state index contributed by atoms with van der Waals surface area (Å²) in [5.41, 5.74) is 4.22. The highest BCUT2D eigenvalue weighted by Gasteiger charge is 2.09. The fraction of sp³-hybridized carbons (Fsp3) is 0. The minimum atomic E-state index is -1.12. The Morgan fingerprint density at radius 1 is 1.47 bits per heavy atom. The number of benzene rings is 1. The van der Waals surface area contributed by atoms with Gasteiger partial charge in [-0.25, -0.2) is 8.78 Å². The molecule has 0 aliphatic heterocycles. The quantitative estimate of drug-likeness (QED) is 0.589. The molecule has 76 valence electrons. The number of carbonyl (C=O) groups excluding carboxylic acids is 1. The first kappa shape index (κ1) is 10.9. The van der Waals surface area contributed by atoms with Gasteiger partial charge in [0.05, 0.1) is 0 Å². The summed E-state index contributed by atoms with van der Waals surface area (Å²) in [6, 6.07) is 4.93. The Hall–Kier alpha value is -2.22. The smallest absolute Gasteiger partial charge is 0.259 e. The van der Waals surface area contributed by atoms with Crippen molar-refractivity contribution in [2.24, 2.45) is 5.73 Å². The summed E-state index contributed by atoms with van der Waals surface area (Å²) in [5.74, 6) is -3.15. The number of hydrogen-bond acceptors (Lipinski definition) is 2. The first-order valence-electron chi connectivity index (χ1n) is 3.92. The Balaban J connectivity index is 3.25. The van der Waals surface area contributed by atoms with Crippen molar-refractivity contribution in [1.29, 1.82) is 5.26 Å². The van der Waals surface area contributed by atoms with E-state index in [1.54, 1.807) is 0 Å². The zero-order chi connectivity index (χ0) is 11.4. The zero-order valence-corrected chi connectivity index (χ0v) is 7.50. The normalized spacial score (nSPS) is 10.9. The lowest BCUT2D eigenvalue weighted by Crippen LogP contribution is -2.12. The number of nitrogens with zero attached hydrogens (tertiary/aromatic N) is 1. The average molecular weight is 208 g/mol. The Kier molecular flexibility index (Phi) is 3.13. The van der Waals surface area contributed by atoms with Crippen LogP contribution >= 0.6 is 0 Å². The van der Waals surface area contributed by atoms with Gasteiger partial charge < -0.3 is 5.73 Å². The summed E-state index contributed by atoms with van der Waals surface area (Å²) >= 11 is 0. The first-order chi connectivity index (χ1) is 7.06. The van der Waals surface area contributed by atoms with Crippen LogP contribution in [0.15, 0.2) is 23.8 Å². The third-order valence-corrected chi connectivity index (χ3v) is 1.67. The molecule has 0 saturated carbocycles. The van der Waals surface area contributed by atoms with E-state index >= 15 is 0 Å². The van der Waals surface area contributed by atoms with Gasteiger partial charge in [0.1, 0.15) is 11.6 Å². The van der Waals surface area contributed by atoms with E-state index in [9.17, 15) is 13.6 Å². The van der Waals surface area contributed by atoms with Crippen LogP contribution in [0.5, 0.6) is 0 Å². The van der Waals surface area contributed by atoms with Crippen LogP contribution < -0.4 is 5.73 Å². The summed E-state index contributed by atoms with van der Waals surface area (Å²) < 4.78 is 25.8. The van der Waals surface area contributed by atoms with Crippen molar-refractivity contribution < 1.29 is 13.6 Å². The molecule has 0 aliphatic rings. The molecule has 3 nitrogen and oxygen atoms in total. The van der Waals surface area contributed by atoms with E-state index in [-0.39, 0.29) is 5.56 Å². The van der Waals surface area contributed by atoms with Gasteiger partial charge in [0.15, 0.2) is 11.6 Å². The summed E-state index contributed by atoms with van der Waals surface area (Å²) in [6.07, 6.45) is 0.904. The molecular formula is C10H6F2N2O. The van der Waals surface area contributed by atoms with Gasteiger partial charge in [-0.05, 0) is 12.1 Å². The average Bonchev–Trinajstić information content (AvgIpc) is 2.19. The Morgan fingerprint density at radius 2 is 2.13 bits per heavy atom. The lowest BCUT2D eigenvalue weighted by atomic mass is 10.1. The lowest BCUT2D eigenvalue weighted by molar-refractivity contribution is -0.114. The maximum absolute atomic E-state index is 13.1. The van der Waals surface area contributed by atoms with E-state index < -0.39 is 23.1 Å². The number of carbonyl (C=O) groups is 1. The predicted molar refractivity (Wildman–Crippen MR) is 49.1 cm³/mol. The van der Waals surface area contributed by atoms with Gasteiger partial charge in [-0.2, -0.15) is 5.26 Å². The Morgan fingerprint density at radius 3 is 2.67 bits per heavy atom. The highest BCUT2D eigenvalue weighted by molar-refractivity contribution is 6.00. The molecule has 0 bridgehead atoms. The highest BCUT2D eigenvalue weighted by Crippen LogP contribution is 2.14. The van der Waals surface area contributed by atoms with Crippen LogP contribution in [-0.4, -0.2) is 5.91 Å². The second-order valence-corrected chi connectivity index (χ2v) is 2.68. The topological polar surface area (TPSA) is 66.9 Å². The summed E-state index contributed by atoms with van der Waals surface area (Å²) in [4.78, 5) is 10.6. The SMILES string of the molecule is N#C/C(=C\c1cccc(F)c1F)C(N)=O. The van der Waals surface area contributed by atoms with Gasteiger partial charge in [-0.1, -0.05) is 12.1 Å². The Bertz CT molecular complexity index is 475. The van der Waals surface area contributed by atoms with Crippen molar-refractivity contribution in [2.75, 3.05) is 0 Å². The minimum Gasteiger partial charge on any atom is -0.365 e. The van der Waals surface area contributed by atoms with E-state index in [0.29, 0.717) is 0 Å². The maximum Gasteiger partial charge on any atom is 0.259 e. The van der Waals surface area contributed by atoms with Crippen LogP contribution in [0.4, 0.5) is 8.78 Å². The molecular weight excluding hydrogens is 202 g/mol. The second kappa shape index (κ2) is 4.33. The molecule has 5 heteroatoms. The van der Waals surface area contributed by atoms with Gasteiger partial charge in [-0.15, -0.1) is 0 Å². The van der Waals surface area contributed by atoms with Crippen molar-refractivity contribution in [3.63, 3.8) is 0 Å². The van der Waals surface area contributed by atoms with Crippen molar-refractivity contribution in [2.45, 2.75) is 0 Å². The van der Waals surface area contributed by atoms with Gasteiger partial charge >= 0.3 is 0 Å². The van der Waals surface area contributed by atoms with E-state index in [4.69, 9.17) is 11.0 Å². The van der Waals surface area contributed by atoms with Crippen molar-refractivity contribution >= 4 is 12.0 Å². The van der Waals surface area contributed by atoms with Crippen LogP contribution in [0, 0.1) is 23.0 Å². The van der Waals surface area contributed by atoms with Crippen LogP contribution in [-0.2, 0) is 4.79 Å². The third-order valence-electron chi connectivity index (χ3n) is 1.67. The Labute approximate surface area is 84.4 Å². The number of hydrogen-bond donors (Lipinski definition) is 1. The van der Waals surface area contributed by atoms with Crippen molar-refractivity contribution in [3.05, 3.63) is 41.0 Å². The molecule has 15 heavy (non-hydrogen) atoms. The molecule has 0 atom stereocenters. The summed E-state index contributed by atoms with van der Waals surface area (Å²) in [7, 11) is 0. The minimum absolute atomic E-state index is 0.189. The van der Waals surface area contributed by atoms with Crippen LogP contribution in [0.2, 0.25) is 0 Å². The molecule has 2 N–H and O–H groups in total. The van der Waals surface area contributed by atoms with Crippen LogP contribution in [0.1, 0.15) is 5.56 Å². The van der Waals surface area contributed by atoms with Gasteiger partial charge in [0, 0.05) is 5.56 Å². The van der Waals surface area contributed by atoms with E-state index in [2.05, 4.69) is 0 Å². The van der Waals surface area contributed by atoms with Gasteiger partial charge in [0.25, 0.3) is 5.91 Å². The standard InChI is InChI=1S/C10H6F2N2O/c11-8-3-1-2-6(9(8)12)4-7(5-13)10(14)15/h1-4H,(H2,14,15)/b7-4+. The zero-order valence-electron chi connectivity index (χ0n) is 7.50. The molecule has 1 aromatic carbocycles. The monoisotopic (exact) mass is 208 g/mol. The predicted octanol–water partition coefficient (Wildman–Crippen LogP) is 1.36. The molecule has 0 radical (unpaired) electrons. The molecule has 0 fully saturated rings. The highest BCUT2D eigenvalue weighted by atomic mass is 19.2. The number of primary amides is 1. The van der Waals surface area contributed by atoms with Gasteiger partial charge in [0.2, 0.25) is 0 Å². The molecule has 1 rings (SSSR count). The van der Waals surface area contributed by atoms with Crippen molar-refractivity contribution in [3.8, 4) is 6.07 Å². The van der Waals surface area contributed by atoms with Crippen LogP contribution in [0.25, 0.3) is 6.08 Å². The largest absolute Gasteiger partial charge is 0.365 e. The third kappa shape index (κ3) is 2.38. The maximum atomic E-state index is 13.1. The summed E-state index contributed by atoms with van der Waals surface area (Å²) in [5, 5.41) is 8.48. The molecule has 1 aromatic rings. The van der Waals surface area contributed by atoms with E-state index in [0.717, 1.165) is 12.1 Å². The number of halogens is 2. The molecule has 1 amide bonds. The van der Waals surface area contributed by atoms with Crippen molar-refractivity contribution in [1.82, 2.24) is 0 Å².